The SMILES string of the molecule is CCOC(=O)c1ccc(-c2nc(C(CC)NC(C)=O)cs2)cc1. The van der Waals surface area contributed by atoms with Gasteiger partial charge >= 0.3 is 5.97 Å². The summed E-state index contributed by atoms with van der Waals surface area (Å²) < 4.78 is 4.97. The molecule has 0 aliphatic heterocycles. The maximum Gasteiger partial charge on any atom is 0.338 e. The summed E-state index contributed by atoms with van der Waals surface area (Å²) >= 11 is 1.52. The maximum atomic E-state index is 11.7. The summed E-state index contributed by atoms with van der Waals surface area (Å²) in [5.74, 6) is -0.388. The van der Waals surface area contributed by atoms with E-state index in [0.717, 1.165) is 22.7 Å². The normalized spacial score (nSPS) is 11.8. The summed E-state index contributed by atoms with van der Waals surface area (Å²) in [5.41, 5.74) is 2.32. The second-order valence-corrected chi connectivity index (χ2v) is 5.89. The van der Waals surface area contributed by atoms with Gasteiger partial charge in [0.15, 0.2) is 0 Å². The number of carbonyl (C=O) groups excluding carboxylic acids is 2. The van der Waals surface area contributed by atoms with Crippen molar-refractivity contribution in [1.29, 1.82) is 0 Å². The largest absolute Gasteiger partial charge is 0.462 e. The van der Waals surface area contributed by atoms with Gasteiger partial charge < -0.3 is 10.1 Å². The predicted molar refractivity (Wildman–Crippen MR) is 90.4 cm³/mol. The van der Waals surface area contributed by atoms with Gasteiger partial charge in [-0.1, -0.05) is 19.1 Å². The molecule has 122 valence electrons. The summed E-state index contributed by atoms with van der Waals surface area (Å²) in [6.45, 7) is 5.65. The molecule has 2 aromatic rings. The molecule has 0 saturated heterocycles. The summed E-state index contributed by atoms with van der Waals surface area (Å²) in [4.78, 5) is 27.5. The molecule has 23 heavy (non-hydrogen) atoms. The van der Waals surface area contributed by atoms with Gasteiger partial charge in [-0.15, -0.1) is 11.3 Å². The number of nitrogens with one attached hydrogen (secondary N) is 1. The Morgan fingerprint density at radius 1 is 1.26 bits per heavy atom. The average molecular weight is 332 g/mol. The number of esters is 1. The van der Waals surface area contributed by atoms with Crippen LogP contribution in [0.1, 0.15) is 49.3 Å². The minimum atomic E-state index is -0.324. The van der Waals surface area contributed by atoms with Crippen LogP contribution >= 0.6 is 11.3 Å². The molecule has 6 heteroatoms. The van der Waals surface area contributed by atoms with Gasteiger partial charge in [-0.2, -0.15) is 0 Å². The number of aromatic nitrogens is 1. The molecule has 0 saturated carbocycles. The zero-order valence-electron chi connectivity index (χ0n) is 13.5. The van der Waals surface area contributed by atoms with E-state index in [1.54, 1.807) is 19.1 Å². The van der Waals surface area contributed by atoms with Crippen LogP contribution in [-0.2, 0) is 9.53 Å². The Hall–Kier alpha value is -2.21. The zero-order chi connectivity index (χ0) is 16.8. The van der Waals surface area contributed by atoms with Gasteiger partial charge in [-0.05, 0) is 25.5 Å². The van der Waals surface area contributed by atoms with E-state index in [2.05, 4.69) is 10.3 Å². The van der Waals surface area contributed by atoms with Crippen LogP contribution in [0.2, 0.25) is 0 Å². The monoisotopic (exact) mass is 332 g/mol. The molecular weight excluding hydrogens is 312 g/mol. The van der Waals surface area contributed by atoms with E-state index in [9.17, 15) is 9.59 Å². The molecule has 1 atom stereocenters. The topological polar surface area (TPSA) is 68.3 Å². The summed E-state index contributed by atoms with van der Waals surface area (Å²) in [5, 5.41) is 5.71. The number of carbonyl (C=O) groups is 2. The Labute approximate surface area is 139 Å². The van der Waals surface area contributed by atoms with Gasteiger partial charge in [0, 0.05) is 17.9 Å². The van der Waals surface area contributed by atoms with Crippen molar-refractivity contribution in [2.45, 2.75) is 33.2 Å². The number of rotatable bonds is 6. The highest BCUT2D eigenvalue weighted by Gasteiger charge is 2.15. The molecule has 0 fully saturated rings. The Kier molecular flexibility index (Phi) is 5.87. The molecule has 1 unspecified atom stereocenters. The Bertz CT molecular complexity index is 679. The average Bonchev–Trinajstić information content (AvgIpc) is 3.02. The van der Waals surface area contributed by atoms with Gasteiger partial charge in [-0.25, -0.2) is 9.78 Å². The number of amides is 1. The first kappa shape index (κ1) is 17.1. The Balaban J connectivity index is 2.16. The third-order valence-corrected chi connectivity index (χ3v) is 4.22. The number of ether oxygens (including phenoxy) is 1. The fourth-order valence-corrected chi connectivity index (χ4v) is 3.05. The Morgan fingerprint density at radius 2 is 1.96 bits per heavy atom. The van der Waals surface area contributed by atoms with Crippen molar-refractivity contribution >= 4 is 23.2 Å². The third kappa shape index (κ3) is 4.39. The van der Waals surface area contributed by atoms with Crippen LogP contribution in [0.5, 0.6) is 0 Å². The lowest BCUT2D eigenvalue weighted by Crippen LogP contribution is -2.25. The molecule has 1 amide bonds. The number of hydrogen-bond acceptors (Lipinski definition) is 5. The smallest absolute Gasteiger partial charge is 0.338 e. The molecule has 0 aliphatic rings. The van der Waals surface area contributed by atoms with Gasteiger partial charge in [0.25, 0.3) is 0 Å². The van der Waals surface area contributed by atoms with Crippen LogP contribution in [0.4, 0.5) is 0 Å². The van der Waals surface area contributed by atoms with Crippen LogP contribution < -0.4 is 5.32 Å². The van der Waals surface area contributed by atoms with Crippen LogP contribution in [0.25, 0.3) is 10.6 Å². The van der Waals surface area contributed by atoms with E-state index in [-0.39, 0.29) is 17.9 Å². The van der Waals surface area contributed by atoms with E-state index in [4.69, 9.17) is 4.74 Å². The molecule has 0 spiro atoms. The molecule has 2 rings (SSSR count). The highest BCUT2D eigenvalue weighted by Crippen LogP contribution is 2.27. The van der Waals surface area contributed by atoms with Crippen molar-refractivity contribution < 1.29 is 14.3 Å². The minimum absolute atomic E-state index is 0.0646. The molecule has 1 aromatic carbocycles. The fraction of sp³-hybridized carbons (Fsp3) is 0.353. The van der Waals surface area contributed by atoms with E-state index >= 15 is 0 Å². The summed E-state index contributed by atoms with van der Waals surface area (Å²) in [6.07, 6.45) is 0.782. The van der Waals surface area contributed by atoms with Crippen LogP contribution in [0.15, 0.2) is 29.6 Å². The van der Waals surface area contributed by atoms with E-state index in [1.807, 2.05) is 24.4 Å². The highest BCUT2D eigenvalue weighted by molar-refractivity contribution is 7.13. The van der Waals surface area contributed by atoms with Crippen molar-refractivity contribution in [2.24, 2.45) is 0 Å². The van der Waals surface area contributed by atoms with E-state index in [0.29, 0.717) is 12.2 Å². The zero-order valence-corrected chi connectivity index (χ0v) is 14.3. The lowest BCUT2D eigenvalue weighted by Gasteiger charge is -2.12. The van der Waals surface area contributed by atoms with Gasteiger partial charge in [0.1, 0.15) is 5.01 Å². The fourth-order valence-electron chi connectivity index (χ4n) is 2.17. The molecule has 1 aromatic heterocycles. The number of nitrogens with zero attached hydrogens (tertiary/aromatic N) is 1. The lowest BCUT2D eigenvalue weighted by atomic mass is 10.1. The molecule has 0 bridgehead atoms. The third-order valence-electron chi connectivity index (χ3n) is 3.31. The molecular formula is C17H20N2O3S. The van der Waals surface area contributed by atoms with Crippen LogP contribution in [0.3, 0.4) is 0 Å². The molecule has 0 radical (unpaired) electrons. The van der Waals surface area contributed by atoms with E-state index < -0.39 is 0 Å². The van der Waals surface area contributed by atoms with Gasteiger partial charge in [-0.3, -0.25) is 4.79 Å². The van der Waals surface area contributed by atoms with Crippen LogP contribution in [0, 0.1) is 0 Å². The van der Waals surface area contributed by atoms with Gasteiger partial charge in [0.05, 0.1) is 23.9 Å². The standard InChI is InChI=1S/C17H20N2O3S/c1-4-14(18-11(3)20)15-10-23-16(19-15)12-6-8-13(9-7-12)17(21)22-5-2/h6-10,14H,4-5H2,1-3H3,(H,18,20). The minimum Gasteiger partial charge on any atom is -0.462 e. The predicted octanol–water partition coefficient (Wildman–Crippen LogP) is 3.57. The quantitative estimate of drug-likeness (QED) is 0.821. The second-order valence-electron chi connectivity index (χ2n) is 5.04. The van der Waals surface area contributed by atoms with Crippen LogP contribution in [-0.4, -0.2) is 23.5 Å². The first-order valence-corrected chi connectivity index (χ1v) is 8.43. The molecule has 5 nitrogen and oxygen atoms in total. The Morgan fingerprint density at radius 3 is 2.52 bits per heavy atom. The highest BCUT2D eigenvalue weighted by atomic mass is 32.1. The van der Waals surface area contributed by atoms with E-state index in [1.165, 1.54) is 18.3 Å². The van der Waals surface area contributed by atoms with Crippen molar-refractivity contribution in [3.63, 3.8) is 0 Å². The van der Waals surface area contributed by atoms with Crippen molar-refractivity contribution in [1.82, 2.24) is 10.3 Å². The maximum absolute atomic E-state index is 11.7. The summed E-state index contributed by atoms with van der Waals surface area (Å²) in [7, 11) is 0. The molecule has 0 aliphatic carbocycles. The van der Waals surface area contributed by atoms with Crippen molar-refractivity contribution in [3.8, 4) is 10.6 Å². The van der Waals surface area contributed by atoms with Crippen molar-refractivity contribution in [3.05, 3.63) is 40.9 Å². The van der Waals surface area contributed by atoms with Crippen molar-refractivity contribution in [2.75, 3.05) is 6.61 Å². The number of hydrogen-bond donors (Lipinski definition) is 1. The molecule has 1 heterocycles. The first-order valence-electron chi connectivity index (χ1n) is 7.55. The van der Waals surface area contributed by atoms with Gasteiger partial charge in [0.2, 0.25) is 5.91 Å². The number of benzene rings is 1. The summed E-state index contributed by atoms with van der Waals surface area (Å²) in [6, 6.07) is 7.11. The molecule has 1 N–H and O–H groups in total. The first-order chi connectivity index (χ1) is 11.0. The second kappa shape index (κ2) is 7.87. The number of thiazole rings is 1. The lowest BCUT2D eigenvalue weighted by molar-refractivity contribution is -0.119.